The number of aromatic carboxylic acids is 1. The molecular formula is C31H27NO4S. The van der Waals surface area contributed by atoms with Crippen LogP contribution in [0.1, 0.15) is 51.6 Å². The third-order valence-corrected chi connectivity index (χ3v) is 8.55. The minimum atomic E-state index is -0.998. The Bertz CT molecular complexity index is 1650. The first-order valence-corrected chi connectivity index (χ1v) is 13.2. The van der Waals surface area contributed by atoms with Crippen LogP contribution in [0.4, 0.5) is 0 Å². The highest BCUT2D eigenvalue weighted by Gasteiger charge is 2.23. The summed E-state index contributed by atoms with van der Waals surface area (Å²) in [5.41, 5.74) is 5.83. The van der Waals surface area contributed by atoms with E-state index < -0.39 is 5.97 Å². The lowest BCUT2D eigenvalue weighted by Gasteiger charge is -2.26. The Hall–Kier alpha value is -3.74. The number of carboxylic acid groups (broad SMARTS) is 1. The number of benzene rings is 3. The zero-order chi connectivity index (χ0) is 25.7. The summed E-state index contributed by atoms with van der Waals surface area (Å²) in [6.45, 7) is 7.55. The summed E-state index contributed by atoms with van der Waals surface area (Å²) >= 11 is 1.64. The van der Waals surface area contributed by atoms with Gasteiger partial charge in [0.15, 0.2) is 0 Å². The lowest BCUT2D eigenvalue weighted by molar-refractivity contribution is 0.00840. The van der Waals surface area contributed by atoms with E-state index in [4.69, 9.17) is 14.5 Å². The molecule has 3 aromatic carbocycles. The highest BCUT2D eigenvalue weighted by molar-refractivity contribution is 7.22. The van der Waals surface area contributed by atoms with Crippen LogP contribution in [0.3, 0.4) is 0 Å². The molecule has 0 spiro atoms. The highest BCUT2D eigenvalue weighted by atomic mass is 32.1. The van der Waals surface area contributed by atoms with Gasteiger partial charge in [-0.15, -0.1) is 11.3 Å². The molecule has 3 heterocycles. The molecule has 1 aliphatic heterocycles. The second-order valence-electron chi connectivity index (χ2n) is 9.68. The standard InChI is InChI=1S/C31H27NO4S/c1-17-8-13-26(36-19(3)20-9-11-21(12-10-20)22-15-35-16-22)28-24(31(33)34)14-25(32-29(17)28)30-18(2)23-6-4-5-7-27(23)37-30/h4-14,19,22H,15-16H2,1-3H3,(H,33,34). The molecule has 0 bridgehead atoms. The molecule has 0 amide bonds. The number of hydrogen-bond acceptors (Lipinski definition) is 5. The number of fused-ring (bicyclic) bond motifs is 2. The van der Waals surface area contributed by atoms with Crippen LogP contribution in [0.5, 0.6) is 5.75 Å². The third kappa shape index (κ3) is 4.16. The molecular weight excluding hydrogens is 482 g/mol. The van der Waals surface area contributed by atoms with Gasteiger partial charge in [0, 0.05) is 10.6 Å². The average Bonchev–Trinajstić information content (AvgIpc) is 3.21. The summed E-state index contributed by atoms with van der Waals surface area (Å²) in [6.07, 6.45) is -0.260. The number of ether oxygens (including phenoxy) is 2. The first-order valence-electron chi connectivity index (χ1n) is 12.4. The van der Waals surface area contributed by atoms with Gasteiger partial charge < -0.3 is 14.6 Å². The van der Waals surface area contributed by atoms with Crippen LogP contribution in [0.25, 0.3) is 31.6 Å². The van der Waals surface area contributed by atoms with Gasteiger partial charge in [0.05, 0.1) is 40.3 Å². The van der Waals surface area contributed by atoms with Gasteiger partial charge in [-0.05, 0) is 66.6 Å². The molecule has 0 aliphatic carbocycles. The molecule has 1 aliphatic rings. The number of nitrogens with zero attached hydrogens (tertiary/aromatic N) is 1. The monoisotopic (exact) mass is 509 g/mol. The van der Waals surface area contributed by atoms with Gasteiger partial charge in [-0.25, -0.2) is 9.78 Å². The van der Waals surface area contributed by atoms with Crippen molar-refractivity contribution in [1.82, 2.24) is 4.98 Å². The number of rotatable bonds is 6. The van der Waals surface area contributed by atoms with Crippen molar-refractivity contribution < 1.29 is 19.4 Å². The third-order valence-electron chi connectivity index (χ3n) is 7.25. The molecule has 2 aromatic heterocycles. The molecule has 1 saturated heterocycles. The van der Waals surface area contributed by atoms with Crippen LogP contribution < -0.4 is 4.74 Å². The SMILES string of the molecule is Cc1c(-c2cc(C(=O)O)c3c(OC(C)c4ccc(C5COC5)cc4)ccc(C)c3n2)sc2ccccc12. The Morgan fingerprint density at radius 3 is 2.51 bits per heavy atom. The fraction of sp³-hybridized carbons (Fsp3) is 0.226. The lowest BCUT2D eigenvalue weighted by Crippen LogP contribution is -2.24. The number of pyridine rings is 1. The van der Waals surface area contributed by atoms with Gasteiger partial charge >= 0.3 is 5.97 Å². The summed E-state index contributed by atoms with van der Waals surface area (Å²) < 4.78 is 12.9. The molecule has 5 nitrogen and oxygen atoms in total. The summed E-state index contributed by atoms with van der Waals surface area (Å²) in [7, 11) is 0. The summed E-state index contributed by atoms with van der Waals surface area (Å²) in [5, 5.41) is 11.9. The van der Waals surface area contributed by atoms with E-state index in [9.17, 15) is 9.90 Å². The van der Waals surface area contributed by atoms with Crippen LogP contribution in [-0.4, -0.2) is 29.3 Å². The van der Waals surface area contributed by atoms with Crippen molar-refractivity contribution in [3.63, 3.8) is 0 Å². The van der Waals surface area contributed by atoms with Crippen molar-refractivity contribution in [2.45, 2.75) is 32.8 Å². The van der Waals surface area contributed by atoms with Crippen LogP contribution in [-0.2, 0) is 4.74 Å². The number of carbonyl (C=O) groups is 1. The number of hydrogen-bond donors (Lipinski definition) is 1. The summed E-state index contributed by atoms with van der Waals surface area (Å²) in [6, 6.07) is 22.1. The molecule has 5 aromatic rings. The van der Waals surface area contributed by atoms with Crippen molar-refractivity contribution >= 4 is 38.3 Å². The average molecular weight is 510 g/mol. The molecule has 186 valence electrons. The van der Waals surface area contributed by atoms with Gasteiger partial charge in [0.2, 0.25) is 0 Å². The van der Waals surface area contributed by atoms with E-state index in [0.717, 1.165) is 39.5 Å². The molecule has 0 radical (unpaired) electrons. The minimum Gasteiger partial charge on any atom is -0.485 e. The van der Waals surface area contributed by atoms with Crippen molar-refractivity contribution in [1.29, 1.82) is 0 Å². The van der Waals surface area contributed by atoms with Gasteiger partial charge in [-0.2, -0.15) is 0 Å². The number of carboxylic acids is 1. The quantitative estimate of drug-likeness (QED) is 0.254. The van der Waals surface area contributed by atoms with Crippen LogP contribution in [0.15, 0.2) is 66.7 Å². The molecule has 6 heteroatoms. The Balaban J connectivity index is 1.42. The number of thiophene rings is 1. The Labute approximate surface area is 219 Å². The zero-order valence-electron chi connectivity index (χ0n) is 20.9. The Kier molecular flexibility index (Phi) is 5.94. The van der Waals surface area contributed by atoms with Gasteiger partial charge in [-0.1, -0.05) is 48.5 Å². The minimum absolute atomic E-state index is 0.197. The van der Waals surface area contributed by atoms with E-state index in [1.54, 1.807) is 17.4 Å². The van der Waals surface area contributed by atoms with E-state index in [0.29, 0.717) is 28.3 Å². The zero-order valence-corrected chi connectivity index (χ0v) is 21.8. The maximum absolute atomic E-state index is 12.5. The van der Waals surface area contributed by atoms with Crippen molar-refractivity contribution in [2.75, 3.05) is 13.2 Å². The topological polar surface area (TPSA) is 68.7 Å². The molecule has 0 saturated carbocycles. The molecule has 37 heavy (non-hydrogen) atoms. The predicted molar refractivity (Wildman–Crippen MR) is 148 cm³/mol. The normalized spacial score (nSPS) is 14.6. The van der Waals surface area contributed by atoms with Crippen LogP contribution in [0, 0.1) is 13.8 Å². The van der Waals surface area contributed by atoms with Gasteiger partial charge in [0.1, 0.15) is 11.9 Å². The highest BCUT2D eigenvalue weighted by Crippen LogP contribution is 2.41. The predicted octanol–water partition coefficient (Wildman–Crippen LogP) is 7.69. The number of aryl methyl sites for hydroxylation is 2. The van der Waals surface area contributed by atoms with Gasteiger partial charge in [-0.3, -0.25) is 0 Å². The molecule has 1 N–H and O–H groups in total. The van der Waals surface area contributed by atoms with E-state index in [1.807, 2.05) is 38.1 Å². The van der Waals surface area contributed by atoms with Crippen molar-refractivity contribution in [3.05, 3.63) is 94.5 Å². The molecule has 1 fully saturated rings. The maximum Gasteiger partial charge on any atom is 0.336 e. The second-order valence-corrected chi connectivity index (χ2v) is 10.7. The number of aromatic nitrogens is 1. The fourth-order valence-electron chi connectivity index (χ4n) is 4.97. The smallest absolute Gasteiger partial charge is 0.336 e. The fourth-order valence-corrected chi connectivity index (χ4v) is 6.14. The molecule has 1 atom stereocenters. The Morgan fingerprint density at radius 2 is 1.84 bits per heavy atom. The second kappa shape index (κ2) is 9.29. The van der Waals surface area contributed by atoms with Crippen molar-refractivity contribution in [2.24, 2.45) is 0 Å². The Morgan fingerprint density at radius 1 is 1.08 bits per heavy atom. The van der Waals surface area contributed by atoms with Gasteiger partial charge in [0.25, 0.3) is 0 Å². The lowest BCUT2D eigenvalue weighted by atomic mass is 9.96. The molecule has 1 unspecified atom stereocenters. The summed E-state index contributed by atoms with van der Waals surface area (Å²) in [5.74, 6) is -0.00837. The van der Waals surface area contributed by atoms with E-state index >= 15 is 0 Å². The van der Waals surface area contributed by atoms with E-state index in [1.165, 1.54) is 10.9 Å². The van der Waals surface area contributed by atoms with Crippen LogP contribution in [0.2, 0.25) is 0 Å². The van der Waals surface area contributed by atoms with Crippen LogP contribution >= 0.6 is 11.3 Å². The van der Waals surface area contributed by atoms with E-state index in [-0.39, 0.29) is 11.7 Å². The largest absolute Gasteiger partial charge is 0.485 e. The first-order chi connectivity index (χ1) is 17.9. The van der Waals surface area contributed by atoms with E-state index in [2.05, 4.69) is 43.3 Å². The first kappa shape index (κ1) is 23.6. The molecule has 6 rings (SSSR count). The van der Waals surface area contributed by atoms with Crippen molar-refractivity contribution in [3.8, 4) is 16.3 Å². The summed E-state index contributed by atoms with van der Waals surface area (Å²) in [4.78, 5) is 18.5. The maximum atomic E-state index is 12.5.